The zero-order valence-electron chi connectivity index (χ0n) is 10.3. The second-order valence-electron chi connectivity index (χ2n) is 3.85. The molecule has 0 atom stereocenters. The minimum atomic E-state index is -4.46. The molecule has 4 N–H and O–H groups in total. The van der Waals surface area contributed by atoms with Gasteiger partial charge in [-0.1, -0.05) is 6.07 Å². The van der Waals surface area contributed by atoms with Gasteiger partial charge < -0.3 is 5.73 Å². The van der Waals surface area contributed by atoms with Crippen LogP contribution < -0.4 is 5.73 Å². The molecule has 0 fully saturated rings. The first-order valence-electron chi connectivity index (χ1n) is 4.87. The SMILES string of the molecule is Nc1cc(S(=O)(=O)O)cc2cc(S(=O)(=O)O)ccc12.[Na]. The van der Waals surface area contributed by atoms with Gasteiger partial charge in [-0.25, -0.2) is 0 Å². The number of hydrogen-bond donors (Lipinski definition) is 3. The number of fused-ring (bicyclic) bond motifs is 1. The molecular formula is C10H9NNaO6S2. The molecule has 2 aromatic rings. The van der Waals surface area contributed by atoms with Crippen LogP contribution >= 0.6 is 0 Å². The molecule has 0 bridgehead atoms. The van der Waals surface area contributed by atoms with Gasteiger partial charge in [0.1, 0.15) is 0 Å². The Morgan fingerprint density at radius 3 is 1.85 bits per heavy atom. The Bertz CT molecular complexity index is 871. The first kappa shape index (κ1) is 17.4. The van der Waals surface area contributed by atoms with E-state index in [1.807, 2.05) is 0 Å². The van der Waals surface area contributed by atoms with Gasteiger partial charge in [0.2, 0.25) is 0 Å². The summed E-state index contributed by atoms with van der Waals surface area (Å²) in [5.41, 5.74) is 5.69. The van der Waals surface area contributed by atoms with Gasteiger partial charge in [0.05, 0.1) is 9.79 Å². The Morgan fingerprint density at radius 1 is 0.850 bits per heavy atom. The van der Waals surface area contributed by atoms with Crippen LogP contribution in [0.5, 0.6) is 0 Å². The Labute approximate surface area is 137 Å². The van der Waals surface area contributed by atoms with E-state index in [1.54, 1.807) is 0 Å². The van der Waals surface area contributed by atoms with Gasteiger partial charge >= 0.3 is 0 Å². The third-order valence-electron chi connectivity index (χ3n) is 2.53. The molecule has 0 saturated carbocycles. The Hall–Kier alpha value is -0.680. The van der Waals surface area contributed by atoms with Crippen LogP contribution in [0.25, 0.3) is 10.8 Å². The predicted molar refractivity (Wildman–Crippen MR) is 73.7 cm³/mol. The van der Waals surface area contributed by atoms with Gasteiger partial charge in [-0.15, -0.1) is 0 Å². The standard InChI is InChI=1S/C10H9NO6S2.Na/c11-10-5-8(19(15,16)17)4-6-3-7(18(12,13)14)1-2-9(6)10;/h1-5H,11H2,(H,12,13,14)(H,15,16,17);. The Balaban J connectivity index is 0.00000200. The molecule has 0 aliphatic rings. The zero-order valence-corrected chi connectivity index (χ0v) is 13.9. The molecular weight excluding hydrogens is 317 g/mol. The molecule has 1 radical (unpaired) electrons. The summed E-state index contributed by atoms with van der Waals surface area (Å²) >= 11 is 0. The van der Waals surface area contributed by atoms with E-state index in [1.165, 1.54) is 6.07 Å². The summed E-state index contributed by atoms with van der Waals surface area (Å²) in [6.45, 7) is 0. The van der Waals surface area contributed by atoms with Crippen molar-refractivity contribution in [1.29, 1.82) is 0 Å². The van der Waals surface area contributed by atoms with Crippen LogP contribution in [0.15, 0.2) is 40.1 Å². The number of benzene rings is 2. The number of hydrogen-bond acceptors (Lipinski definition) is 5. The maximum Gasteiger partial charge on any atom is 0.294 e. The summed E-state index contributed by atoms with van der Waals surface area (Å²) in [4.78, 5) is -0.850. The van der Waals surface area contributed by atoms with Crippen LogP contribution in [0.1, 0.15) is 0 Å². The molecule has 0 aliphatic heterocycles. The van der Waals surface area contributed by atoms with Gasteiger partial charge in [-0.05, 0) is 29.7 Å². The van der Waals surface area contributed by atoms with Gasteiger partial charge in [0.15, 0.2) is 0 Å². The average molecular weight is 326 g/mol. The number of nitrogens with two attached hydrogens (primary N) is 1. The molecule has 0 saturated heterocycles. The second kappa shape index (κ2) is 5.60. The van der Waals surface area contributed by atoms with E-state index >= 15 is 0 Å². The molecule has 0 heterocycles. The fraction of sp³-hybridized carbons (Fsp3) is 0. The van der Waals surface area contributed by atoms with E-state index in [0.29, 0.717) is 5.39 Å². The summed E-state index contributed by atoms with van der Waals surface area (Å²) in [6, 6.07) is 5.67. The molecule has 0 unspecified atom stereocenters. The first-order chi connectivity index (χ1) is 8.59. The maximum absolute atomic E-state index is 11.0. The van der Waals surface area contributed by atoms with Crippen molar-refractivity contribution in [3.8, 4) is 0 Å². The van der Waals surface area contributed by atoms with Gasteiger partial charge in [-0.3, -0.25) is 9.11 Å². The molecule has 103 valence electrons. The number of anilines is 1. The van der Waals surface area contributed by atoms with E-state index in [4.69, 9.17) is 14.8 Å². The first-order valence-corrected chi connectivity index (χ1v) is 7.75. The third-order valence-corrected chi connectivity index (χ3v) is 4.21. The van der Waals surface area contributed by atoms with E-state index in [-0.39, 0.29) is 40.6 Å². The van der Waals surface area contributed by atoms with E-state index in [0.717, 1.165) is 24.3 Å². The molecule has 0 aromatic heterocycles. The third kappa shape index (κ3) is 3.50. The van der Waals surface area contributed by atoms with Crippen molar-refractivity contribution in [2.45, 2.75) is 9.79 Å². The van der Waals surface area contributed by atoms with Crippen molar-refractivity contribution in [2.24, 2.45) is 0 Å². The number of rotatable bonds is 2. The summed E-state index contributed by atoms with van der Waals surface area (Å²) < 4.78 is 62.0. The van der Waals surface area contributed by atoms with Crippen LogP contribution in [0.4, 0.5) is 5.69 Å². The summed E-state index contributed by atoms with van der Waals surface area (Å²) in [7, 11) is -8.87. The van der Waals surface area contributed by atoms with Crippen LogP contribution in [0.3, 0.4) is 0 Å². The van der Waals surface area contributed by atoms with Crippen molar-refractivity contribution >= 4 is 66.3 Å². The number of nitrogen functional groups attached to an aromatic ring is 1. The summed E-state index contributed by atoms with van der Waals surface area (Å²) in [6.07, 6.45) is 0. The van der Waals surface area contributed by atoms with E-state index in [2.05, 4.69) is 0 Å². The molecule has 0 amide bonds. The smallest absolute Gasteiger partial charge is 0.294 e. The summed E-state index contributed by atoms with van der Waals surface area (Å²) in [5.74, 6) is 0. The van der Waals surface area contributed by atoms with Crippen molar-refractivity contribution < 1.29 is 25.9 Å². The van der Waals surface area contributed by atoms with Gasteiger partial charge in [0.25, 0.3) is 20.2 Å². The molecule has 0 spiro atoms. The molecule has 7 nitrogen and oxygen atoms in total. The molecule has 10 heteroatoms. The van der Waals surface area contributed by atoms with Gasteiger partial charge in [-0.2, -0.15) is 16.8 Å². The fourth-order valence-corrected chi connectivity index (χ4v) is 2.73. The van der Waals surface area contributed by atoms with Gasteiger partial charge in [0, 0.05) is 40.6 Å². The minimum absolute atomic E-state index is 0. The quantitative estimate of drug-likeness (QED) is 0.416. The molecule has 20 heavy (non-hydrogen) atoms. The zero-order chi connectivity index (χ0) is 14.4. The van der Waals surface area contributed by atoms with Crippen molar-refractivity contribution in [1.82, 2.24) is 0 Å². The van der Waals surface area contributed by atoms with Crippen molar-refractivity contribution in [3.05, 3.63) is 30.3 Å². The van der Waals surface area contributed by atoms with Crippen molar-refractivity contribution in [2.75, 3.05) is 5.73 Å². The summed E-state index contributed by atoms with van der Waals surface area (Å²) in [5, 5.41) is 0.572. The average Bonchev–Trinajstić information content (AvgIpc) is 2.25. The second-order valence-corrected chi connectivity index (χ2v) is 6.69. The minimum Gasteiger partial charge on any atom is -0.398 e. The van der Waals surface area contributed by atoms with Crippen molar-refractivity contribution in [3.63, 3.8) is 0 Å². The maximum atomic E-state index is 11.0. The normalized spacial score (nSPS) is 12.1. The predicted octanol–water partition coefficient (Wildman–Crippen LogP) is 0.535. The van der Waals surface area contributed by atoms with E-state index < -0.39 is 30.0 Å². The topological polar surface area (TPSA) is 135 Å². The Morgan fingerprint density at radius 2 is 1.35 bits per heavy atom. The van der Waals surface area contributed by atoms with Crippen LogP contribution in [-0.4, -0.2) is 55.5 Å². The largest absolute Gasteiger partial charge is 0.398 e. The van der Waals surface area contributed by atoms with E-state index in [9.17, 15) is 16.8 Å². The van der Waals surface area contributed by atoms with Crippen LogP contribution in [-0.2, 0) is 20.2 Å². The van der Waals surface area contributed by atoms with Crippen LogP contribution in [0.2, 0.25) is 0 Å². The monoisotopic (exact) mass is 326 g/mol. The molecule has 0 aliphatic carbocycles. The Kier molecular flexibility index (Phi) is 4.87. The van der Waals surface area contributed by atoms with Crippen LogP contribution in [0, 0.1) is 0 Å². The molecule has 2 aromatic carbocycles. The molecule has 2 rings (SSSR count). The fourth-order valence-electron chi connectivity index (χ4n) is 1.66.